The Kier molecular flexibility index (Phi) is 5.94. The molecule has 7 heteroatoms. The molecule has 4 rings (SSSR count). The molecule has 3 heterocycles. The fraction of sp³-hybridized carbons (Fsp3) is 0.619. The Morgan fingerprint density at radius 2 is 1.57 bits per heavy atom. The maximum atomic E-state index is 12.2. The van der Waals surface area contributed by atoms with Crippen molar-refractivity contribution in [1.29, 1.82) is 0 Å². The fourth-order valence-electron chi connectivity index (χ4n) is 4.74. The number of amides is 1. The molecule has 152 valence electrons. The monoisotopic (exact) mass is 388 g/mol. The van der Waals surface area contributed by atoms with Crippen LogP contribution in [0.1, 0.15) is 48.9 Å². The zero-order chi connectivity index (χ0) is 19.5. The fourth-order valence-corrected chi connectivity index (χ4v) is 4.74. The number of carbonyl (C=O) groups is 2. The van der Waals surface area contributed by atoms with Crippen molar-refractivity contribution in [3.8, 4) is 0 Å². The number of benzene rings is 1. The molecular weight excluding hydrogens is 360 g/mol. The van der Waals surface area contributed by atoms with Gasteiger partial charge in [0, 0.05) is 24.4 Å². The highest BCUT2D eigenvalue weighted by Gasteiger charge is 2.68. The van der Waals surface area contributed by atoms with Crippen LogP contribution in [0.15, 0.2) is 30.3 Å². The van der Waals surface area contributed by atoms with Gasteiger partial charge in [-0.15, -0.1) is 0 Å². The van der Waals surface area contributed by atoms with Crippen LogP contribution in [0.2, 0.25) is 0 Å². The van der Waals surface area contributed by atoms with Crippen molar-refractivity contribution in [3.05, 3.63) is 35.9 Å². The van der Waals surface area contributed by atoms with Gasteiger partial charge in [0.15, 0.2) is 0 Å². The van der Waals surface area contributed by atoms with E-state index in [2.05, 4.69) is 10.9 Å². The molecule has 3 aliphatic rings. The average Bonchev–Trinajstić information content (AvgIpc) is 3.32. The molecule has 6 atom stereocenters. The summed E-state index contributed by atoms with van der Waals surface area (Å²) in [7, 11) is 0. The molecule has 1 amide bonds. The molecule has 7 nitrogen and oxygen atoms in total. The molecule has 0 radical (unpaired) electrons. The van der Waals surface area contributed by atoms with Gasteiger partial charge in [-0.2, -0.15) is 0 Å². The van der Waals surface area contributed by atoms with E-state index in [0.717, 1.165) is 32.1 Å². The van der Waals surface area contributed by atoms with Crippen molar-refractivity contribution in [2.24, 2.45) is 11.8 Å². The van der Waals surface area contributed by atoms with Crippen LogP contribution in [0, 0.1) is 11.8 Å². The molecule has 3 N–H and O–H groups in total. The lowest BCUT2D eigenvalue weighted by Gasteiger charge is -2.26. The highest BCUT2D eigenvalue weighted by Crippen LogP contribution is 2.54. The molecule has 3 aliphatic heterocycles. The van der Waals surface area contributed by atoms with E-state index in [-0.39, 0.29) is 36.7 Å². The van der Waals surface area contributed by atoms with Crippen LogP contribution < -0.4 is 10.9 Å². The quantitative estimate of drug-likeness (QED) is 0.305. The number of fused-ring (bicyclic) bond motifs is 5. The zero-order valence-electron chi connectivity index (χ0n) is 15.9. The first-order chi connectivity index (χ1) is 13.6. The minimum absolute atomic E-state index is 0.119. The number of hydrazine groups is 1. The minimum Gasteiger partial charge on any atom is -0.481 e. The minimum atomic E-state index is -0.720. The van der Waals surface area contributed by atoms with Crippen molar-refractivity contribution in [2.75, 3.05) is 6.54 Å². The summed E-state index contributed by atoms with van der Waals surface area (Å²) in [6, 6.07) is 9.14. The first-order valence-electron chi connectivity index (χ1n) is 10.3. The second-order valence-corrected chi connectivity index (χ2v) is 8.01. The molecule has 0 aromatic heterocycles. The van der Waals surface area contributed by atoms with Gasteiger partial charge in [0.1, 0.15) is 12.2 Å². The van der Waals surface area contributed by atoms with E-state index >= 15 is 0 Å². The second-order valence-electron chi connectivity index (χ2n) is 8.01. The van der Waals surface area contributed by atoms with E-state index in [1.165, 1.54) is 0 Å². The van der Waals surface area contributed by atoms with Gasteiger partial charge in [0.25, 0.3) is 5.91 Å². The lowest BCUT2D eigenvalue weighted by atomic mass is 9.76. The predicted octanol–water partition coefficient (Wildman–Crippen LogP) is 2.13. The van der Waals surface area contributed by atoms with Crippen molar-refractivity contribution in [2.45, 2.75) is 62.9 Å². The summed E-state index contributed by atoms with van der Waals surface area (Å²) in [6.07, 6.45) is 5.90. The molecular formula is C21H28N2O5. The van der Waals surface area contributed by atoms with Gasteiger partial charge < -0.3 is 14.6 Å². The van der Waals surface area contributed by atoms with Crippen LogP contribution in [-0.2, 0) is 14.3 Å². The van der Waals surface area contributed by atoms with Gasteiger partial charge in [-0.25, -0.2) is 5.43 Å². The molecule has 3 saturated heterocycles. The average molecular weight is 388 g/mol. The normalized spacial score (nSPS) is 32.1. The van der Waals surface area contributed by atoms with Gasteiger partial charge in [-0.05, 0) is 30.9 Å². The smallest absolute Gasteiger partial charge is 0.303 e. The molecule has 2 bridgehead atoms. The molecule has 0 spiro atoms. The summed E-state index contributed by atoms with van der Waals surface area (Å²) in [4.78, 5) is 22.8. The number of aliphatic carboxylic acids is 1. The summed E-state index contributed by atoms with van der Waals surface area (Å²) in [5.41, 5.74) is 6.52. The molecule has 1 aromatic carbocycles. The Labute approximate surface area is 164 Å². The second kappa shape index (κ2) is 8.59. The largest absolute Gasteiger partial charge is 0.481 e. The zero-order valence-corrected chi connectivity index (χ0v) is 15.9. The Hall–Kier alpha value is -1.96. The Bertz CT molecular complexity index is 697. The standard InChI is InChI=1S/C21H28N2O5/c24-16(25)11-7-2-1-6-10-14-15(18-20-19(28-20)17(14)27-18)12-22-23-21(26)13-8-4-3-5-9-13/h3-5,8-9,14-15,17-20,22H,1-2,6-7,10-12H2,(H,23,26)(H,24,25). The number of unbranched alkanes of at least 4 members (excludes halogenated alkanes) is 3. The first-order valence-corrected chi connectivity index (χ1v) is 10.3. The van der Waals surface area contributed by atoms with Gasteiger partial charge in [0.05, 0.1) is 12.2 Å². The van der Waals surface area contributed by atoms with Crippen molar-refractivity contribution >= 4 is 11.9 Å². The van der Waals surface area contributed by atoms with Crippen molar-refractivity contribution in [1.82, 2.24) is 10.9 Å². The maximum absolute atomic E-state index is 12.2. The van der Waals surface area contributed by atoms with Crippen molar-refractivity contribution in [3.63, 3.8) is 0 Å². The van der Waals surface area contributed by atoms with E-state index < -0.39 is 5.97 Å². The predicted molar refractivity (Wildman–Crippen MR) is 102 cm³/mol. The van der Waals surface area contributed by atoms with Crippen LogP contribution in [-0.4, -0.2) is 47.9 Å². The molecule has 1 aromatic rings. The van der Waals surface area contributed by atoms with E-state index in [9.17, 15) is 9.59 Å². The van der Waals surface area contributed by atoms with Gasteiger partial charge >= 0.3 is 5.97 Å². The third kappa shape index (κ3) is 4.21. The summed E-state index contributed by atoms with van der Waals surface area (Å²) >= 11 is 0. The number of epoxide rings is 1. The molecule has 28 heavy (non-hydrogen) atoms. The van der Waals surface area contributed by atoms with Gasteiger partial charge in [-0.3, -0.25) is 15.0 Å². The number of carboxylic acids is 1. The van der Waals surface area contributed by atoms with Gasteiger partial charge in [0.2, 0.25) is 0 Å². The molecule has 0 aliphatic carbocycles. The van der Waals surface area contributed by atoms with Crippen molar-refractivity contribution < 1.29 is 24.2 Å². The topological polar surface area (TPSA) is 100 Å². The summed E-state index contributed by atoms with van der Waals surface area (Å²) < 4.78 is 11.9. The summed E-state index contributed by atoms with van der Waals surface area (Å²) in [5, 5.41) is 8.71. The molecule has 6 unspecified atom stereocenters. The molecule has 0 saturated carbocycles. The van der Waals surface area contributed by atoms with Gasteiger partial charge in [-0.1, -0.05) is 37.5 Å². The van der Waals surface area contributed by atoms with E-state index in [1.807, 2.05) is 18.2 Å². The lowest BCUT2D eigenvalue weighted by Crippen LogP contribution is -2.45. The first kappa shape index (κ1) is 19.4. The third-order valence-corrected chi connectivity index (χ3v) is 6.17. The highest BCUT2D eigenvalue weighted by atomic mass is 16.7. The Morgan fingerprint density at radius 1 is 0.893 bits per heavy atom. The van der Waals surface area contributed by atoms with E-state index in [1.54, 1.807) is 12.1 Å². The Morgan fingerprint density at radius 3 is 2.32 bits per heavy atom. The number of carbonyl (C=O) groups excluding carboxylic acids is 1. The highest BCUT2D eigenvalue weighted by molar-refractivity contribution is 5.93. The maximum Gasteiger partial charge on any atom is 0.303 e. The number of hydrogen-bond acceptors (Lipinski definition) is 5. The number of ether oxygens (including phenoxy) is 2. The molecule has 3 fully saturated rings. The van der Waals surface area contributed by atoms with Crippen LogP contribution in [0.3, 0.4) is 0 Å². The number of hydrogen-bond donors (Lipinski definition) is 3. The van der Waals surface area contributed by atoms with Crippen LogP contribution in [0.25, 0.3) is 0 Å². The number of rotatable bonds is 11. The van der Waals surface area contributed by atoms with E-state index in [0.29, 0.717) is 23.9 Å². The summed E-state index contributed by atoms with van der Waals surface area (Å²) in [6.45, 7) is 0.663. The van der Waals surface area contributed by atoms with Crippen LogP contribution >= 0.6 is 0 Å². The van der Waals surface area contributed by atoms with Crippen LogP contribution in [0.4, 0.5) is 0 Å². The third-order valence-electron chi connectivity index (χ3n) is 6.17. The SMILES string of the molecule is O=C(O)CCCCCCC1C(CNNC(=O)c2ccccc2)C2OC1C1OC21. The summed E-state index contributed by atoms with van der Waals surface area (Å²) in [5.74, 6) is -0.111. The number of carboxylic acid groups (broad SMARTS) is 1. The lowest BCUT2D eigenvalue weighted by molar-refractivity contribution is -0.137. The number of nitrogens with one attached hydrogen (secondary N) is 2. The Balaban J connectivity index is 1.22. The van der Waals surface area contributed by atoms with E-state index in [4.69, 9.17) is 14.6 Å². The van der Waals surface area contributed by atoms with Crippen LogP contribution in [0.5, 0.6) is 0 Å².